The topological polar surface area (TPSA) is 117 Å². The number of carbonyl (C=O) groups is 2. The number of aliphatic hydroxyl groups is 2. The van der Waals surface area contributed by atoms with Gasteiger partial charge in [0.25, 0.3) is 0 Å². The molecule has 0 saturated carbocycles. The fourth-order valence-corrected chi connectivity index (χ4v) is 7.65. The van der Waals surface area contributed by atoms with Crippen LogP contribution in [-0.2, 0) is 19.1 Å². The van der Waals surface area contributed by atoms with E-state index in [0.29, 0.717) is 32.2 Å². The quantitative estimate of drug-likeness (QED) is 0.0547. The summed E-state index contributed by atoms with van der Waals surface area (Å²) in [5, 5.41) is 27.6. The number of nitrogens with one attached hydrogen (secondary N) is 2. The number of halogens is 2. The number of ether oxygens (including phenoxy) is 2. The molecule has 0 aliphatic carbocycles. The van der Waals surface area contributed by atoms with E-state index in [2.05, 4.69) is 17.6 Å². The first kappa shape index (κ1) is 41.5. The molecule has 2 aliphatic heterocycles. The van der Waals surface area contributed by atoms with Crippen molar-refractivity contribution in [1.82, 2.24) is 10.6 Å². The van der Waals surface area contributed by atoms with E-state index in [4.69, 9.17) is 21.1 Å². The number of esters is 1. The van der Waals surface area contributed by atoms with Gasteiger partial charge in [0, 0.05) is 6.42 Å². The van der Waals surface area contributed by atoms with Crippen LogP contribution in [0.25, 0.3) is 0 Å². The number of unbranched alkanes of at least 4 members (excludes halogenated alkanes) is 12. The SMILES string of the molecule is CCCCCCCCCCCCCCCC(=O)O[C@@H]1[C@@H](O)[C@@H](O)[C@@H](C(NC(=O)C2CCC(F)(CCC)CCN2)C(C)Cl)O[C@@H]1SC. The van der Waals surface area contributed by atoms with Crippen molar-refractivity contribution < 1.29 is 33.7 Å². The van der Waals surface area contributed by atoms with Crippen molar-refractivity contribution in [3.05, 3.63) is 0 Å². The van der Waals surface area contributed by atoms with Crippen LogP contribution in [0.15, 0.2) is 0 Å². The van der Waals surface area contributed by atoms with Crippen molar-refractivity contribution >= 4 is 35.2 Å². The minimum atomic E-state index is -1.45. The third-order valence-corrected chi connectivity index (χ3v) is 10.7. The summed E-state index contributed by atoms with van der Waals surface area (Å²) in [5.74, 6) is -0.780. The lowest BCUT2D eigenvalue weighted by atomic mass is 9.90. The predicted octanol–water partition coefficient (Wildman–Crippen LogP) is 6.95. The summed E-state index contributed by atoms with van der Waals surface area (Å²) < 4.78 is 26.9. The Balaban J connectivity index is 1.78. The highest BCUT2D eigenvalue weighted by atomic mass is 35.5. The van der Waals surface area contributed by atoms with E-state index in [9.17, 15) is 19.8 Å². The van der Waals surface area contributed by atoms with Gasteiger partial charge in [0.15, 0.2) is 6.10 Å². The summed E-state index contributed by atoms with van der Waals surface area (Å²) in [5.41, 5.74) is -2.04. The molecule has 270 valence electrons. The normalized spacial score (nSPS) is 29.9. The van der Waals surface area contributed by atoms with E-state index in [-0.39, 0.29) is 18.7 Å². The minimum Gasteiger partial charge on any atom is -0.456 e. The monoisotopic (exact) mass is 694 g/mol. The first-order chi connectivity index (χ1) is 22.1. The molecule has 46 heavy (non-hydrogen) atoms. The van der Waals surface area contributed by atoms with Gasteiger partial charge in [-0.2, -0.15) is 0 Å². The average Bonchev–Trinajstić information content (AvgIpc) is 3.22. The molecule has 0 aromatic heterocycles. The number of carbonyl (C=O) groups excluding carboxylic acids is 2. The van der Waals surface area contributed by atoms with E-state index in [1.807, 2.05) is 6.92 Å². The Labute approximate surface area is 287 Å². The van der Waals surface area contributed by atoms with E-state index in [1.165, 1.54) is 76.0 Å². The molecule has 2 aliphatic rings. The zero-order chi connectivity index (χ0) is 34.0. The van der Waals surface area contributed by atoms with Gasteiger partial charge < -0.3 is 30.3 Å². The van der Waals surface area contributed by atoms with E-state index < -0.39 is 59.0 Å². The van der Waals surface area contributed by atoms with Crippen LogP contribution in [0, 0.1) is 0 Å². The van der Waals surface area contributed by atoms with Crippen LogP contribution in [0.4, 0.5) is 4.39 Å². The molecule has 2 saturated heterocycles. The second kappa shape index (κ2) is 22.9. The van der Waals surface area contributed by atoms with Crippen molar-refractivity contribution in [3.63, 3.8) is 0 Å². The number of alkyl halides is 2. The Hall–Kier alpha value is -0.650. The molecule has 2 fully saturated rings. The van der Waals surface area contributed by atoms with Gasteiger partial charge in [-0.05, 0) is 51.8 Å². The minimum absolute atomic E-state index is 0.242. The number of hydrogen-bond acceptors (Lipinski definition) is 8. The lowest BCUT2D eigenvalue weighted by Crippen LogP contribution is -2.65. The second-order valence-corrected chi connectivity index (χ2v) is 15.2. The Morgan fingerprint density at radius 1 is 0.978 bits per heavy atom. The highest BCUT2D eigenvalue weighted by molar-refractivity contribution is 7.99. The summed E-state index contributed by atoms with van der Waals surface area (Å²) in [4.78, 5) is 26.0. The van der Waals surface area contributed by atoms with E-state index in [0.717, 1.165) is 19.3 Å². The fourth-order valence-electron chi connectivity index (χ4n) is 6.72. The van der Waals surface area contributed by atoms with Crippen LogP contribution >= 0.6 is 23.4 Å². The van der Waals surface area contributed by atoms with Gasteiger partial charge in [-0.1, -0.05) is 97.3 Å². The number of hydrogen-bond donors (Lipinski definition) is 4. The van der Waals surface area contributed by atoms with Crippen LogP contribution in [-0.4, -0.2) is 87.9 Å². The van der Waals surface area contributed by atoms with Crippen molar-refractivity contribution in [2.45, 2.75) is 196 Å². The zero-order valence-electron chi connectivity index (χ0n) is 29.0. The highest BCUT2D eigenvalue weighted by Crippen LogP contribution is 2.33. The van der Waals surface area contributed by atoms with Crippen molar-refractivity contribution in [2.75, 3.05) is 12.8 Å². The van der Waals surface area contributed by atoms with Crippen LogP contribution in [0.2, 0.25) is 0 Å². The fraction of sp³-hybridized carbons (Fsp3) is 0.943. The van der Waals surface area contributed by atoms with E-state index in [1.54, 1.807) is 13.2 Å². The number of aliphatic hydroxyl groups excluding tert-OH is 2. The molecule has 4 N–H and O–H groups in total. The number of rotatable bonds is 22. The molecule has 0 spiro atoms. The summed E-state index contributed by atoms with van der Waals surface area (Å²) >= 11 is 7.75. The summed E-state index contributed by atoms with van der Waals surface area (Å²) in [6, 6.07) is -1.44. The third kappa shape index (κ3) is 14.5. The van der Waals surface area contributed by atoms with Gasteiger partial charge in [-0.25, -0.2) is 4.39 Å². The Kier molecular flexibility index (Phi) is 20.7. The maximum Gasteiger partial charge on any atom is 0.306 e. The molecule has 2 heterocycles. The van der Waals surface area contributed by atoms with Gasteiger partial charge >= 0.3 is 5.97 Å². The Bertz CT molecular complexity index is 858. The van der Waals surface area contributed by atoms with Crippen molar-refractivity contribution in [3.8, 4) is 0 Å². The molecule has 0 bridgehead atoms. The molecule has 0 radical (unpaired) electrons. The Morgan fingerprint density at radius 2 is 1.57 bits per heavy atom. The molecule has 11 heteroatoms. The van der Waals surface area contributed by atoms with Gasteiger partial charge in [0.2, 0.25) is 5.91 Å². The first-order valence-electron chi connectivity index (χ1n) is 18.2. The lowest BCUT2D eigenvalue weighted by Gasteiger charge is -2.45. The number of thioether (sulfide) groups is 1. The van der Waals surface area contributed by atoms with Crippen molar-refractivity contribution in [2.24, 2.45) is 0 Å². The van der Waals surface area contributed by atoms with Crippen LogP contribution in [0.5, 0.6) is 0 Å². The van der Waals surface area contributed by atoms with E-state index >= 15 is 4.39 Å². The molecule has 2 rings (SSSR count). The maximum absolute atomic E-state index is 15.1. The largest absolute Gasteiger partial charge is 0.456 e. The van der Waals surface area contributed by atoms with Gasteiger partial charge in [-0.3, -0.25) is 9.59 Å². The van der Waals surface area contributed by atoms with Crippen LogP contribution in [0.3, 0.4) is 0 Å². The lowest BCUT2D eigenvalue weighted by molar-refractivity contribution is -0.218. The van der Waals surface area contributed by atoms with Gasteiger partial charge in [0.1, 0.15) is 29.4 Å². The molecule has 0 aromatic rings. The highest BCUT2D eigenvalue weighted by Gasteiger charge is 2.50. The molecule has 1 amide bonds. The second-order valence-electron chi connectivity index (χ2n) is 13.5. The summed E-state index contributed by atoms with van der Waals surface area (Å²) in [7, 11) is 0. The standard InChI is InChI=1S/C35H64ClFN2O6S/c1-5-7-8-9-10-11-12-13-14-15-16-17-18-19-27(40)44-32-30(42)29(41)31(45-34(32)46-4)28(25(3)36)39-33(43)26-20-22-35(37,21-6-2)23-24-38-26/h25-26,28-32,34,38,41-42H,5-24H2,1-4H3,(H,39,43)/t25?,26?,28?,29-,30+,31-,32-,34-,35?/m1/s1. The number of amides is 1. The molecule has 9 atom stereocenters. The third-order valence-electron chi connectivity index (χ3n) is 9.58. The molecule has 8 nitrogen and oxygen atoms in total. The Morgan fingerprint density at radius 3 is 2.11 bits per heavy atom. The van der Waals surface area contributed by atoms with Crippen molar-refractivity contribution in [1.29, 1.82) is 0 Å². The smallest absolute Gasteiger partial charge is 0.306 e. The summed E-state index contributed by atoms with van der Waals surface area (Å²) in [6.45, 7) is 6.26. The summed E-state index contributed by atoms with van der Waals surface area (Å²) in [6.07, 6.45) is 15.0. The molecular weight excluding hydrogens is 631 g/mol. The van der Waals surface area contributed by atoms with Crippen LogP contribution < -0.4 is 10.6 Å². The van der Waals surface area contributed by atoms with Gasteiger partial charge in [-0.15, -0.1) is 23.4 Å². The zero-order valence-corrected chi connectivity index (χ0v) is 30.5. The molecule has 4 unspecified atom stereocenters. The maximum atomic E-state index is 15.1. The van der Waals surface area contributed by atoms with Crippen LogP contribution in [0.1, 0.15) is 143 Å². The molecule has 0 aromatic carbocycles. The first-order valence-corrected chi connectivity index (χ1v) is 19.9. The average molecular weight is 695 g/mol. The molecular formula is C35H64ClFN2O6S. The van der Waals surface area contributed by atoms with Gasteiger partial charge in [0.05, 0.1) is 17.5 Å². The predicted molar refractivity (Wildman–Crippen MR) is 186 cm³/mol.